The number of hydrogen-bond donors (Lipinski definition) is 1. The summed E-state index contributed by atoms with van der Waals surface area (Å²) in [4.78, 5) is 17.6. The molecule has 2 heterocycles. The minimum atomic E-state index is -0.284. The van der Waals surface area contributed by atoms with E-state index in [1.165, 1.54) is 5.56 Å². The van der Waals surface area contributed by atoms with Gasteiger partial charge in [0.15, 0.2) is 17.3 Å². The molecule has 1 aromatic heterocycles. The molecule has 1 aliphatic rings. The third-order valence-electron chi connectivity index (χ3n) is 5.12. The number of rotatable bonds is 4. The molecular weight excluding hydrogens is 472 g/mol. The molecule has 0 unspecified atom stereocenters. The predicted molar refractivity (Wildman–Crippen MR) is 125 cm³/mol. The molecular formula is C25H19BrN2O4. The Morgan fingerprint density at radius 2 is 1.72 bits per heavy atom. The van der Waals surface area contributed by atoms with E-state index in [4.69, 9.17) is 13.9 Å². The highest BCUT2D eigenvalue weighted by Crippen LogP contribution is 2.38. The van der Waals surface area contributed by atoms with Crippen molar-refractivity contribution in [3.8, 4) is 34.3 Å². The molecule has 3 aromatic carbocycles. The standard InChI is InChI=1S/C25H19BrN2O4/c1-15-6-8-16(9-7-15)23-14-27-25(32-23)18-5-3-2-4-17(18)24(29)28-20-13-22-21(12-19(20)26)30-10-11-31-22/h2-9,12-14H,10-11H2,1H3,(H,28,29). The third-order valence-corrected chi connectivity index (χ3v) is 5.78. The van der Waals surface area contributed by atoms with Crippen molar-refractivity contribution < 1.29 is 18.7 Å². The lowest BCUT2D eigenvalue weighted by molar-refractivity contribution is 0.102. The summed E-state index contributed by atoms with van der Waals surface area (Å²) in [5.41, 5.74) is 3.74. The number of hydrogen-bond acceptors (Lipinski definition) is 5. The predicted octanol–water partition coefficient (Wildman–Crippen LogP) is 6.10. The van der Waals surface area contributed by atoms with Crippen molar-refractivity contribution in [2.24, 2.45) is 0 Å². The number of aromatic nitrogens is 1. The van der Waals surface area contributed by atoms with E-state index in [-0.39, 0.29) is 5.91 Å². The first-order valence-corrected chi connectivity index (χ1v) is 10.9. The van der Waals surface area contributed by atoms with Gasteiger partial charge in [0.1, 0.15) is 13.2 Å². The Morgan fingerprint density at radius 3 is 2.50 bits per heavy atom. The second-order valence-electron chi connectivity index (χ2n) is 7.37. The first-order valence-electron chi connectivity index (χ1n) is 10.1. The van der Waals surface area contributed by atoms with Crippen molar-refractivity contribution in [3.63, 3.8) is 0 Å². The second-order valence-corrected chi connectivity index (χ2v) is 8.23. The topological polar surface area (TPSA) is 73.6 Å². The minimum absolute atomic E-state index is 0.284. The van der Waals surface area contributed by atoms with E-state index in [0.717, 1.165) is 5.56 Å². The van der Waals surface area contributed by atoms with Gasteiger partial charge in [-0.1, -0.05) is 42.0 Å². The Balaban J connectivity index is 1.44. The van der Waals surface area contributed by atoms with Crippen molar-refractivity contribution in [1.82, 2.24) is 4.98 Å². The number of ether oxygens (including phenoxy) is 2. The summed E-state index contributed by atoms with van der Waals surface area (Å²) in [6, 6.07) is 18.8. The van der Waals surface area contributed by atoms with Gasteiger partial charge in [0.25, 0.3) is 5.91 Å². The van der Waals surface area contributed by atoms with Crippen LogP contribution in [0.2, 0.25) is 0 Å². The SMILES string of the molecule is Cc1ccc(-c2cnc(-c3ccccc3C(=O)Nc3cc4c(cc3Br)OCCO4)o2)cc1. The molecule has 0 bridgehead atoms. The van der Waals surface area contributed by atoms with Gasteiger partial charge in [-0.2, -0.15) is 0 Å². The third kappa shape index (κ3) is 3.99. The van der Waals surface area contributed by atoms with Crippen LogP contribution in [0.15, 0.2) is 75.8 Å². The molecule has 0 atom stereocenters. The molecule has 0 saturated carbocycles. The number of carbonyl (C=O) groups is 1. The Hall–Kier alpha value is -3.58. The molecule has 0 fully saturated rings. The molecule has 0 spiro atoms. The lowest BCUT2D eigenvalue weighted by Gasteiger charge is -2.20. The number of aryl methyl sites for hydroxylation is 1. The molecule has 7 heteroatoms. The minimum Gasteiger partial charge on any atom is -0.486 e. The fourth-order valence-corrected chi connectivity index (χ4v) is 3.89. The average Bonchev–Trinajstić information content (AvgIpc) is 3.30. The van der Waals surface area contributed by atoms with E-state index >= 15 is 0 Å². The zero-order valence-corrected chi connectivity index (χ0v) is 18.8. The number of halogens is 1. The molecule has 1 N–H and O–H groups in total. The number of carbonyl (C=O) groups excluding carboxylic acids is 1. The number of amides is 1. The highest BCUT2D eigenvalue weighted by Gasteiger charge is 2.20. The van der Waals surface area contributed by atoms with Gasteiger partial charge >= 0.3 is 0 Å². The van der Waals surface area contributed by atoms with E-state index in [1.807, 2.05) is 43.3 Å². The quantitative estimate of drug-likeness (QED) is 0.373. The zero-order chi connectivity index (χ0) is 22.1. The van der Waals surface area contributed by atoms with Crippen LogP contribution in [0.3, 0.4) is 0 Å². The van der Waals surface area contributed by atoms with E-state index in [0.29, 0.717) is 57.7 Å². The number of anilines is 1. The van der Waals surface area contributed by atoms with Crippen LogP contribution in [-0.4, -0.2) is 24.1 Å². The van der Waals surface area contributed by atoms with Crippen LogP contribution in [-0.2, 0) is 0 Å². The van der Waals surface area contributed by atoms with Gasteiger partial charge in [-0.05, 0) is 35.0 Å². The number of oxazole rings is 1. The lowest BCUT2D eigenvalue weighted by Crippen LogP contribution is -2.17. The first-order chi connectivity index (χ1) is 15.6. The Bertz CT molecular complexity index is 1300. The van der Waals surface area contributed by atoms with E-state index in [9.17, 15) is 4.79 Å². The summed E-state index contributed by atoms with van der Waals surface area (Å²) in [5.74, 6) is 1.98. The Kier molecular flexibility index (Phi) is 5.41. The largest absolute Gasteiger partial charge is 0.486 e. The van der Waals surface area contributed by atoms with Gasteiger partial charge in [0, 0.05) is 27.7 Å². The number of nitrogens with zero attached hydrogens (tertiary/aromatic N) is 1. The van der Waals surface area contributed by atoms with Crippen LogP contribution in [0.25, 0.3) is 22.8 Å². The summed E-state index contributed by atoms with van der Waals surface area (Å²) in [5, 5.41) is 2.94. The fourth-order valence-electron chi connectivity index (χ4n) is 3.47. The van der Waals surface area contributed by atoms with Gasteiger partial charge in [-0.15, -0.1) is 0 Å². The van der Waals surface area contributed by atoms with Crippen LogP contribution in [0.4, 0.5) is 5.69 Å². The van der Waals surface area contributed by atoms with E-state index < -0.39 is 0 Å². The van der Waals surface area contributed by atoms with Gasteiger partial charge < -0.3 is 19.2 Å². The summed E-state index contributed by atoms with van der Waals surface area (Å²) < 4.78 is 17.9. The maximum atomic E-state index is 13.2. The number of fused-ring (bicyclic) bond motifs is 1. The Morgan fingerprint density at radius 1 is 1.00 bits per heavy atom. The lowest BCUT2D eigenvalue weighted by atomic mass is 10.1. The average molecular weight is 491 g/mol. The van der Waals surface area contributed by atoms with Crippen LogP contribution < -0.4 is 14.8 Å². The summed E-state index contributed by atoms with van der Waals surface area (Å²) in [6.45, 7) is 3.00. The molecule has 1 amide bonds. The zero-order valence-electron chi connectivity index (χ0n) is 17.2. The van der Waals surface area contributed by atoms with Crippen molar-refractivity contribution in [1.29, 1.82) is 0 Å². The molecule has 4 aromatic rings. The molecule has 0 aliphatic carbocycles. The van der Waals surface area contributed by atoms with E-state index in [2.05, 4.69) is 26.2 Å². The van der Waals surface area contributed by atoms with Crippen molar-refractivity contribution in [3.05, 3.63) is 82.5 Å². The van der Waals surface area contributed by atoms with Gasteiger partial charge in [-0.3, -0.25) is 4.79 Å². The molecule has 32 heavy (non-hydrogen) atoms. The fraction of sp³-hybridized carbons (Fsp3) is 0.120. The van der Waals surface area contributed by atoms with Crippen molar-refractivity contribution >= 4 is 27.5 Å². The number of nitrogens with one attached hydrogen (secondary N) is 1. The smallest absolute Gasteiger partial charge is 0.256 e. The van der Waals surface area contributed by atoms with Gasteiger partial charge in [0.2, 0.25) is 5.89 Å². The normalized spacial score (nSPS) is 12.4. The van der Waals surface area contributed by atoms with Crippen LogP contribution in [0.5, 0.6) is 11.5 Å². The summed E-state index contributed by atoms with van der Waals surface area (Å²) in [7, 11) is 0. The maximum Gasteiger partial charge on any atom is 0.256 e. The van der Waals surface area contributed by atoms with Crippen LogP contribution in [0.1, 0.15) is 15.9 Å². The van der Waals surface area contributed by atoms with Crippen LogP contribution in [0, 0.1) is 6.92 Å². The first kappa shape index (κ1) is 20.3. The number of benzene rings is 3. The summed E-state index contributed by atoms with van der Waals surface area (Å²) in [6.07, 6.45) is 1.67. The monoisotopic (exact) mass is 490 g/mol. The molecule has 6 nitrogen and oxygen atoms in total. The molecule has 0 radical (unpaired) electrons. The van der Waals surface area contributed by atoms with Crippen molar-refractivity contribution in [2.45, 2.75) is 6.92 Å². The highest BCUT2D eigenvalue weighted by molar-refractivity contribution is 9.10. The van der Waals surface area contributed by atoms with Crippen molar-refractivity contribution in [2.75, 3.05) is 18.5 Å². The molecule has 160 valence electrons. The van der Waals surface area contributed by atoms with E-state index in [1.54, 1.807) is 30.5 Å². The molecule has 1 aliphatic heterocycles. The molecule has 5 rings (SSSR count). The van der Waals surface area contributed by atoms with Crippen LogP contribution >= 0.6 is 15.9 Å². The Labute approximate surface area is 193 Å². The molecule has 0 saturated heterocycles. The van der Waals surface area contributed by atoms with Gasteiger partial charge in [0.05, 0.1) is 17.4 Å². The highest BCUT2D eigenvalue weighted by atomic mass is 79.9. The van der Waals surface area contributed by atoms with Gasteiger partial charge in [-0.25, -0.2) is 4.98 Å². The second kappa shape index (κ2) is 8.51. The maximum absolute atomic E-state index is 13.2. The summed E-state index contributed by atoms with van der Waals surface area (Å²) >= 11 is 3.49.